The number of ether oxygens (including phenoxy) is 1. The Morgan fingerprint density at radius 1 is 1.14 bits per heavy atom. The molecule has 0 fully saturated rings. The van der Waals surface area contributed by atoms with E-state index in [2.05, 4.69) is 10.4 Å². The van der Waals surface area contributed by atoms with Gasteiger partial charge in [0.05, 0.1) is 23.5 Å². The zero-order chi connectivity index (χ0) is 21.0. The highest BCUT2D eigenvalue weighted by Crippen LogP contribution is 2.18. The van der Waals surface area contributed by atoms with Gasteiger partial charge in [0.15, 0.2) is 5.69 Å². The first-order valence-corrected chi connectivity index (χ1v) is 9.93. The number of nitrogens with one attached hydrogen (secondary N) is 1. The van der Waals surface area contributed by atoms with Crippen LogP contribution in [-0.4, -0.2) is 28.3 Å². The van der Waals surface area contributed by atoms with Gasteiger partial charge in [0.25, 0.3) is 11.5 Å². The fraction of sp³-hybridized carbons (Fsp3) is 0.143. The number of carbonyl (C=O) groups is 2. The summed E-state index contributed by atoms with van der Waals surface area (Å²) in [6.07, 6.45) is 0. The lowest BCUT2D eigenvalue weighted by molar-refractivity contribution is 0.0518. The normalized spacial score (nSPS) is 10.4. The Morgan fingerprint density at radius 3 is 2.48 bits per heavy atom. The quantitative estimate of drug-likeness (QED) is 0.425. The van der Waals surface area contributed by atoms with Gasteiger partial charge in [0.2, 0.25) is 0 Å². The van der Waals surface area contributed by atoms with E-state index in [1.807, 2.05) is 47.7 Å². The van der Waals surface area contributed by atoms with Crippen molar-refractivity contribution < 1.29 is 14.3 Å². The highest BCUT2D eigenvalue weighted by Gasteiger charge is 2.21. The smallest absolute Gasteiger partial charge is 0.360 e. The van der Waals surface area contributed by atoms with Gasteiger partial charge < -0.3 is 10.1 Å². The molecule has 0 aliphatic rings. The van der Waals surface area contributed by atoms with Crippen molar-refractivity contribution in [1.82, 2.24) is 9.78 Å². The van der Waals surface area contributed by atoms with E-state index in [1.54, 1.807) is 37.3 Å². The lowest BCUT2D eigenvalue weighted by Gasteiger charge is -2.13. The van der Waals surface area contributed by atoms with E-state index < -0.39 is 17.4 Å². The molecule has 0 spiro atoms. The number of aryl methyl sites for hydroxylation is 1. The first-order valence-electron chi connectivity index (χ1n) is 8.85. The van der Waals surface area contributed by atoms with Gasteiger partial charge in [-0.2, -0.15) is 9.78 Å². The van der Waals surface area contributed by atoms with Gasteiger partial charge in [-0.1, -0.05) is 29.8 Å². The number of halogens is 1. The fourth-order valence-corrected chi connectivity index (χ4v) is 3.24. The van der Waals surface area contributed by atoms with E-state index in [9.17, 15) is 14.4 Å². The van der Waals surface area contributed by atoms with Crippen LogP contribution in [-0.2, 0) is 4.74 Å². The van der Waals surface area contributed by atoms with Crippen LogP contribution in [0.1, 0.15) is 33.3 Å². The molecular weight excluding hydrogens is 485 g/mol. The number of hydrogen-bond acceptors (Lipinski definition) is 5. The summed E-state index contributed by atoms with van der Waals surface area (Å²) in [7, 11) is 0. The van der Waals surface area contributed by atoms with Gasteiger partial charge in [-0.25, -0.2) is 4.79 Å². The Labute approximate surface area is 180 Å². The summed E-state index contributed by atoms with van der Waals surface area (Å²) in [4.78, 5) is 37.8. The van der Waals surface area contributed by atoms with Crippen LogP contribution in [0, 0.1) is 10.5 Å². The van der Waals surface area contributed by atoms with Crippen LogP contribution in [0.3, 0.4) is 0 Å². The Hall–Kier alpha value is -3.01. The topological polar surface area (TPSA) is 90.3 Å². The molecule has 1 aromatic heterocycles. The molecule has 0 saturated heterocycles. The highest BCUT2D eigenvalue weighted by atomic mass is 127. The van der Waals surface area contributed by atoms with Crippen molar-refractivity contribution in [3.05, 3.63) is 85.3 Å². The summed E-state index contributed by atoms with van der Waals surface area (Å²) in [5, 5.41) is 6.79. The average Bonchev–Trinajstić information content (AvgIpc) is 2.69. The maximum Gasteiger partial charge on any atom is 0.360 e. The predicted molar refractivity (Wildman–Crippen MR) is 118 cm³/mol. The van der Waals surface area contributed by atoms with Crippen LogP contribution in [0.5, 0.6) is 0 Å². The van der Waals surface area contributed by atoms with Crippen molar-refractivity contribution >= 4 is 40.2 Å². The Bertz CT molecular complexity index is 1120. The minimum Gasteiger partial charge on any atom is -0.461 e. The van der Waals surface area contributed by atoms with Crippen molar-refractivity contribution in [2.24, 2.45) is 0 Å². The molecule has 7 nitrogen and oxygen atoms in total. The van der Waals surface area contributed by atoms with Gasteiger partial charge in [-0.15, -0.1) is 0 Å². The molecule has 0 saturated carbocycles. The second kappa shape index (κ2) is 8.99. The van der Waals surface area contributed by atoms with E-state index in [4.69, 9.17) is 4.74 Å². The van der Waals surface area contributed by atoms with Crippen LogP contribution < -0.4 is 10.9 Å². The standard InChI is InChI=1S/C21H18IN3O4/c1-3-29-21(28)19-17(23-20(27)15-6-4-5-7-16(15)22)12-18(26)25(24-19)14-10-8-13(2)9-11-14/h4-12H,3H2,1-2H3,(H,23,27). The van der Waals surface area contributed by atoms with Crippen LogP contribution in [0.4, 0.5) is 5.69 Å². The number of esters is 1. The second-order valence-corrected chi connectivity index (χ2v) is 7.31. The summed E-state index contributed by atoms with van der Waals surface area (Å²) >= 11 is 2.04. The third-order valence-corrected chi connectivity index (χ3v) is 4.99. The summed E-state index contributed by atoms with van der Waals surface area (Å²) in [6.45, 7) is 3.72. The molecule has 3 aromatic rings. The predicted octanol–water partition coefficient (Wildman–Crippen LogP) is 3.57. The lowest BCUT2D eigenvalue weighted by Crippen LogP contribution is -2.27. The molecular formula is C21H18IN3O4. The Balaban J connectivity index is 2.06. The van der Waals surface area contributed by atoms with Crippen LogP contribution in [0.25, 0.3) is 5.69 Å². The molecule has 8 heteroatoms. The lowest BCUT2D eigenvalue weighted by atomic mass is 10.2. The second-order valence-electron chi connectivity index (χ2n) is 6.15. The van der Waals surface area contributed by atoms with Crippen molar-refractivity contribution in [2.45, 2.75) is 13.8 Å². The van der Waals surface area contributed by atoms with E-state index >= 15 is 0 Å². The van der Waals surface area contributed by atoms with Crippen molar-refractivity contribution in [1.29, 1.82) is 0 Å². The zero-order valence-corrected chi connectivity index (χ0v) is 18.0. The number of anilines is 1. The Kier molecular flexibility index (Phi) is 6.42. The SMILES string of the molecule is CCOC(=O)c1nn(-c2ccc(C)cc2)c(=O)cc1NC(=O)c1ccccc1I. The summed E-state index contributed by atoms with van der Waals surface area (Å²) in [5.41, 5.74) is 1.31. The number of carbonyl (C=O) groups excluding carboxylic acids is 2. The minimum absolute atomic E-state index is 0.00136. The average molecular weight is 503 g/mol. The molecule has 3 rings (SSSR count). The molecule has 148 valence electrons. The van der Waals surface area contributed by atoms with Gasteiger partial charge in [-0.05, 0) is 60.7 Å². The van der Waals surface area contributed by atoms with Crippen LogP contribution >= 0.6 is 22.6 Å². The van der Waals surface area contributed by atoms with Gasteiger partial charge in [0, 0.05) is 9.64 Å². The van der Waals surface area contributed by atoms with Crippen LogP contribution in [0.15, 0.2) is 59.4 Å². The van der Waals surface area contributed by atoms with Crippen LogP contribution in [0.2, 0.25) is 0 Å². The van der Waals surface area contributed by atoms with E-state index in [1.165, 1.54) is 6.07 Å². The fourth-order valence-electron chi connectivity index (χ4n) is 2.61. The molecule has 2 aromatic carbocycles. The number of nitrogens with zero attached hydrogens (tertiary/aromatic N) is 2. The third-order valence-electron chi connectivity index (χ3n) is 4.05. The number of aromatic nitrogens is 2. The first kappa shape index (κ1) is 20.7. The molecule has 0 bridgehead atoms. The van der Waals surface area contributed by atoms with E-state index in [0.29, 0.717) is 11.3 Å². The zero-order valence-electron chi connectivity index (χ0n) is 15.8. The maximum absolute atomic E-state index is 12.7. The number of amides is 1. The largest absolute Gasteiger partial charge is 0.461 e. The minimum atomic E-state index is -0.730. The molecule has 1 N–H and O–H groups in total. The summed E-state index contributed by atoms with van der Waals surface area (Å²) in [6, 6.07) is 15.3. The first-order chi connectivity index (χ1) is 13.9. The molecule has 1 amide bonds. The van der Waals surface area contributed by atoms with E-state index in [-0.39, 0.29) is 18.0 Å². The maximum atomic E-state index is 12.7. The monoisotopic (exact) mass is 503 g/mol. The van der Waals surface area contributed by atoms with Crippen molar-refractivity contribution in [3.8, 4) is 5.69 Å². The van der Waals surface area contributed by atoms with E-state index in [0.717, 1.165) is 13.8 Å². The Morgan fingerprint density at radius 2 is 1.83 bits per heavy atom. The molecule has 0 aliphatic heterocycles. The summed E-state index contributed by atoms with van der Waals surface area (Å²) < 4.78 is 6.90. The summed E-state index contributed by atoms with van der Waals surface area (Å²) in [5.74, 6) is -1.18. The molecule has 0 atom stereocenters. The van der Waals surface area contributed by atoms with Gasteiger partial charge in [0.1, 0.15) is 0 Å². The molecule has 1 heterocycles. The number of hydrogen-bond donors (Lipinski definition) is 1. The molecule has 29 heavy (non-hydrogen) atoms. The third kappa shape index (κ3) is 4.70. The molecule has 0 unspecified atom stereocenters. The van der Waals surface area contributed by atoms with Gasteiger partial charge >= 0.3 is 5.97 Å². The molecule has 0 aliphatic carbocycles. The van der Waals surface area contributed by atoms with Crippen molar-refractivity contribution in [3.63, 3.8) is 0 Å². The van der Waals surface area contributed by atoms with Crippen molar-refractivity contribution in [2.75, 3.05) is 11.9 Å². The highest BCUT2D eigenvalue weighted by molar-refractivity contribution is 14.1. The van der Waals surface area contributed by atoms with Gasteiger partial charge in [-0.3, -0.25) is 9.59 Å². The number of benzene rings is 2. The number of rotatable bonds is 5. The molecule has 0 radical (unpaired) electrons.